The second-order valence-corrected chi connectivity index (χ2v) is 4.24. The van der Waals surface area contributed by atoms with Crippen molar-refractivity contribution in [2.75, 3.05) is 5.73 Å². The van der Waals surface area contributed by atoms with Gasteiger partial charge < -0.3 is 5.73 Å². The predicted octanol–water partition coefficient (Wildman–Crippen LogP) is 3.01. The molecule has 0 amide bonds. The van der Waals surface area contributed by atoms with E-state index in [-0.39, 0.29) is 0 Å². The van der Waals surface area contributed by atoms with Crippen molar-refractivity contribution < 1.29 is 0 Å². The molecule has 4 heteroatoms. The van der Waals surface area contributed by atoms with Crippen molar-refractivity contribution >= 4 is 38.7 Å². The summed E-state index contributed by atoms with van der Waals surface area (Å²) in [5.74, 6) is 0. The molecule has 2 aromatic rings. The summed E-state index contributed by atoms with van der Waals surface area (Å²) in [6.45, 7) is 0. The van der Waals surface area contributed by atoms with E-state index < -0.39 is 0 Å². The monoisotopic (exact) mass is 208 g/mol. The normalized spacial score (nSPS) is 10.2. The van der Waals surface area contributed by atoms with Crippen LogP contribution in [0.25, 0.3) is 10.1 Å². The molecule has 0 aliphatic rings. The Balaban J connectivity index is 2.99. The van der Waals surface area contributed by atoms with E-state index in [1.54, 1.807) is 6.07 Å². The summed E-state index contributed by atoms with van der Waals surface area (Å²) >= 11 is 7.26. The third-order valence-electron chi connectivity index (χ3n) is 1.82. The lowest BCUT2D eigenvalue weighted by Gasteiger charge is -1.94. The number of rotatable bonds is 0. The lowest BCUT2D eigenvalue weighted by molar-refractivity contribution is 1.52. The number of benzene rings is 1. The molecular weight excluding hydrogens is 204 g/mol. The minimum Gasteiger partial charge on any atom is -0.398 e. The first-order valence-electron chi connectivity index (χ1n) is 3.60. The Kier molecular flexibility index (Phi) is 1.87. The zero-order chi connectivity index (χ0) is 9.42. The quantitative estimate of drug-likeness (QED) is 0.677. The van der Waals surface area contributed by atoms with Gasteiger partial charge in [-0.2, -0.15) is 5.26 Å². The molecule has 0 saturated carbocycles. The van der Waals surface area contributed by atoms with Gasteiger partial charge in [-0.15, -0.1) is 11.3 Å². The zero-order valence-corrected chi connectivity index (χ0v) is 8.12. The summed E-state index contributed by atoms with van der Waals surface area (Å²) in [6.07, 6.45) is 0. The van der Waals surface area contributed by atoms with Crippen LogP contribution in [0, 0.1) is 11.3 Å². The van der Waals surface area contributed by atoms with Gasteiger partial charge in [-0.3, -0.25) is 0 Å². The molecule has 1 aromatic heterocycles. The molecule has 0 saturated heterocycles. The average molecular weight is 209 g/mol. The Morgan fingerprint density at radius 1 is 1.46 bits per heavy atom. The lowest BCUT2D eigenvalue weighted by atomic mass is 10.1. The number of anilines is 1. The number of thiophene rings is 1. The number of nitrogens with zero attached hydrogens (tertiary/aromatic N) is 1. The van der Waals surface area contributed by atoms with E-state index in [4.69, 9.17) is 22.6 Å². The van der Waals surface area contributed by atoms with E-state index in [1.807, 2.05) is 12.1 Å². The van der Waals surface area contributed by atoms with Gasteiger partial charge in [0.2, 0.25) is 0 Å². The van der Waals surface area contributed by atoms with Gasteiger partial charge in [0.05, 0.1) is 5.56 Å². The van der Waals surface area contributed by atoms with Crippen molar-refractivity contribution in [2.24, 2.45) is 0 Å². The minimum absolute atomic E-state index is 0.486. The molecule has 0 atom stereocenters. The summed E-state index contributed by atoms with van der Waals surface area (Å²) in [7, 11) is 0. The molecule has 0 spiro atoms. The first-order valence-corrected chi connectivity index (χ1v) is 4.80. The maximum atomic E-state index is 8.85. The van der Waals surface area contributed by atoms with Crippen molar-refractivity contribution in [2.45, 2.75) is 0 Å². The Labute approximate surface area is 84.2 Å². The van der Waals surface area contributed by atoms with E-state index in [9.17, 15) is 0 Å². The molecule has 0 aliphatic carbocycles. The zero-order valence-electron chi connectivity index (χ0n) is 6.54. The summed E-state index contributed by atoms with van der Waals surface area (Å²) < 4.78 is 1.47. The van der Waals surface area contributed by atoms with Crippen LogP contribution in [0.3, 0.4) is 0 Å². The maximum absolute atomic E-state index is 8.85. The van der Waals surface area contributed by atoms with E-state index in [0.717, 1.165) is 10.1 Å². The fourth-order valence-electron chi connectivity index (χ4n) is 1.25. The van der Waals surface area contributed by atoms with Gasteiger partial charge in [0.25, 0.3) is 0 Å². The SMILES string of the molecule is N#Cc1c(Cl)sc2cccc(N)c12. The van der Waals surface area contributed by atoms with Crippen LogP contribution < -0.4 is 5.73 Å². The molecule has 2 nitrogen and oxygen atoms in total. The molecule has 1 heterocycles. The maximum Gasteiger partial charge on any atom is 0.112 e. The van der Waals surface area contributed by atoms with E-state index >= 15 is 0 Å². The third-order valence-corrected chi connectivity index (χ3v) is 3.18. The molecule has 2 N–H and O–H groups in total. The number of nitriles is 1. The summed E-state index contributed by atoms with van der Waals surface area (Å²) in [5, 5.41) is 9.62. The fourth-order valence-corrected chi connectivity index (χ4v) is 2.54. The van der Waals surface area contributed by atoms with Gasteiger partial charge in [-0.05, 0) is 12.1 Å². The Hall–Kier alpha value is -1.24. The van der Waals surface area contributed by atoms with Crippen LogP contribution in [-0.4, -0.2) is 0 Å². The van der Waals surface area contributed by atoms with Gasteiger partial charge >= 0.3 is 0 Å². The highest BCUT2D eigenvalue weighted by atomic mass is 35.5. The van der Waals surface area contributed by atoms with Crippen LogP contribution in [0.15, 0.2) is 18.2 Å². The second kappa shape index (κ2) is 2.91. The standard InChI is InChI=1S/C9H5ClN2S/c10-9-5(4-11)8-6(12)2-1-3-7(8)13-9/h1-3H,12H2. The number of nitrogens with two attached hydrogens (primary N) is 1. The second-order valence-electron chi connectivity index (χ2n) is 2.58. The molecule has 0 aliphatic heterocycles. The largest absolute Gasteiger partial charge is 0.398 e. The fraction of sp³-hybridized carbons (Fsp3) is 0. The first kappa shape index (κ1) is 8.36. The predicted molar refractivity (Wildman–Crippen MR) is 56.0 cm³/mol. The van der Waals surface area contributed by atoms with Gasteiger partial charge in [0, 0.05) is 15.8 Å². The molecule has 64 valence electrons. The van der Waals surface area contributed by atoms with Crippen molar-refractivity contribution in [3.05, 3.63) is 28.1 Å². The van der Waals surface area contributed by atoms with Crippen molar-refractivity contribution in [3.63, 3.8) is 0 Å². The van der Waals surface area contributed by atoms with E-state index in [0.29, 0.717) is 15.6 Å². The van der Waals surface area contributed by atoms with Crippen LogP contribution in [0.1, 0.15) is 5.56 Å². The van der Waals surface area contributed by atoms with Crippen molar-refractivity contribution in [1.82, 2.24) is 0 Å². The number of halogens is 1. The van der Waals surface area contributed by atoms with Gasteiger partial charge in [-0.25, -0.2) is 0 Å². The number of hydrogen-bond donors (Lipinski definition) is 1. The lowest BCUT2D eigenvalue weighted by Crippen LogP contribution is -1.85. The summed E-state index contributed by atoms with van der Waals surface area (Å²) in [4.78, 5) is 0. The average Bonchev–Trinajstić information content (AvgIpc) is 2.42. The molecule has 0 radical (unpaired) electrons. The molecule has 13 heavy (non-hydrogen) atoms. The molecule has 0 bridgehead atoms. The van der Waals surface area contributed by atoms with Crippen LogP contribution in [0.2, 0.25) is 4.34 Å². The van der Waals surface area contributed by atoms with E-state index in [2.05, 4.69) is 6.07 Å². The van der Waals surface area contributed by atoms with Crippen LogP contribution in [0.5, 0.6) is 0 Å². The van der Waals surface area contributed by atoms with Crippen molar-refractivity contribution in [1.29, 1.82) is 5.26 Å². The highest BCUT2D eigenvalue weighted by Gasteiger charge is 2.11. The summed E-state index contributed by atoms with van der Waals surface area (Å²) in [5.41, 5.74) is 6.84. The number of nitrogen functional groups attached to an aromatic ring is 1. The number of hydrogen-bond acceptors (Lipinski definition) is 3. The Morgan fingerprint density at radius 3 is 2.92 bits per heavy atom. The van der Waals surface area contributed by atoms with Crippen LogP contribution in [0.4, 0.5) is 5.69 Å². The smallest absolute Gasteiger partial charge is 0.112 e. The molecule has 0 fully saturated rings. The Morgan fingerprint density at radius 2 is 2.23 bits per heavy atom. The number of fused-ring (bicyclic) bond motifs is 1. The highest BCUT2D eigenvalue weighted by Crippen LogP contribution is 2.37. The first-order chi connectivity index (χ1) is 6.24. The van der Waals surface area contributed by atoms with Gasteiger partial charge in [0.15, 0.2) is 0 Å². The highest BCUT2D eigenvalue weighted by molar-refractivity contribution is 7.23. The van der Waals surface area contributed by atoms with Crippen molar-refractivity contribution in [3.8, 4) is 6.07 Å². The van der Waals surface area contributed by atoms with Gasteiger partial charge in [-0.1, -0.05) is 17.7 Å². The molecule has 0 unspecified atom stereocenters. The van der Waals surface area contributed by atoms with E-state index in [1.165, 1.54) is 11.3 Å². The minimum atomic E-state index is 0.486. The third kappa shape index (κ3) is 1.15. The van der Waals surface area contributed by atoms with Gasteiger partial charge in [0.1, 0.15) is 10.4 Å². The topological polar surface area (TPSA) is 49.8 Å². The molecule has 1 aromatic carbocycles. The van der Waals surface area contributed by atoms with Crippen LogP contribution in [-0.2, 0) is 0 Å². The molecular formula is C9H5ClN2S. The Bertz CT molecular complexity index is 510. The van der Waals surface area contributed by atoms with Crippen LogP contribution >= 0.6 is 22.9 Å². The summed E-state index contributed by atoms with van der Waals surface area (Å²) in [6, 6.07) is 7.59. The molecule has 2 rings (SSSR count).